The summed E-state index contributed by atoms with van der Waals surface area (Å²) in [5.41, 5.74) is 0.573. The molecule has 17 heteroatoms. The number of carboxylic acids is 2. The van der Waals surface area contributed by atoms with Crippen molar-refractivity contribution in [2.24, 2.45) is 0 Å². The average Bonchev–Trinajstić information content (AvgIpc) is 2.73. The fourth-order valence-electron chi connectivity index (χ4n) is 3.07. The predicted octanol–water partition coefficient (Wildman–Crippen LogP) is 0.447. The Hall–Kier alpha value is -3.05. The zero-order valence-corrected chi connectivity index (χ0v) is 21.7. The summed E-state index contributed by atoms with van der Waals surface area (Å²) in [7, 11) is -7.63. The first-order chi connectivity index (χ1) is 16.7. The maximum atomic E-state index is 11.4. The summed E-state index contributed by atoms with van der Waals surface area (Å²) in [6, 6.07) is 9.55. The van der Waals surface area contributed by atoms with E-state index in [0.29, 0.717) is 5.56 Å². The van der Waals surface area contributed by atoms with Crippen LogP contribution < -0.4 is 0 Å². The molecule has 5 N–H and O–H groups in total. The summed E-state index contributed by atoms with van der Waals surface area (Å²) < 4.78 is 57.3. The Kier molecular flexibility index (Phi) is 17.0. The van der Waals surface area contributed by atoms with Crippen molar-refractivity contribution in [2.75, 3.05) is 26.2 Å². The minimum atomic E-state index is -4.52. The molecule has 0 heterocycles. The Labute approximate surface area is 231 Å². The van der Waals surface area contributed by atoms with Gasteiger partial charge in [0.1, 0.15) is 11.5 Å². The monoisotopic (exact) mass is 620 g/mol. The second-order valence-corrected chi connectivity index (χ2v) is 9.14. The first kappa shape index (κ1) is 37.1. The number of carbonyl (C=O) groups is 2. The Morgan fingerprint density at radius 1 is 0.789 bits per heavy atom. The van der Waals surface area contributed by atoms with Crippen LogP contribution in [0, 0.1) is 0 Å². The molecule has 0 spiro atoms. The van der Waals surface area contributed by atoms with Gasteiger partial charge >= 0.3 is 39.6 Å². The van der Waals surface area contributed by atoms with E-state index in [1.807, 2.05) is 0 Å². The number of nitrogens with zero attached hydrogens (tertiary/aromatic N) is 2. The van der Waals surface area contributed by atoms with E-state index >= 15 is 0 Å². The number of benzene rings is 2. The molecular weight excluding hydrogens is 592 g/mol. The number of aromatic hydroxyl groups is 2. The average molecular weight is 620 g/mol. The van der Waals surface area contributed by atoms with Crippen LogP contribution in [0.1, 0.15) is 18.6 Å². The third kappa shape index (κ3) is 14.6. The topological polar surface area (TPSA) is 227 Å². The molecule has 2 aromatic carbocycles. The number of hydrogen-bond acceptors (Lipinski definition) is 11. The molecule has 38 heavy (non-hydrogen) atoms. The van der Waals surface area contributed by atoms with E-state index in [4.69, 9.17) is 12.6 Å². The molecule has 0 saturated heterocycles. The number of aliphatic carboxylic acids is 2. The summed E-state index contributed by atoms with van der Waals surface area (Å²) in [4.78, 5) is 25.0. The van der Waals surface area contributed by atoms with Crippen LogP contribution >= 0.6 is 0 Å². The normalized spacial score (nSPS) is 10.5. The van der Waals surface area contributed by atoms with Crippen molar-refractivity contribution in [3.63, 3.8) is 0 Å². The second-order valence-electron chi connectivity index (χ2n) is 7.31. The van der Waals surface area contributed by atoms with Crippen LogP contribution in [0.5, 0.6) is 11.5 Å². The van der Waals surface area contributed by atoms with Gasteiger partial charge in [0.15, 0.2) is 0 Å². The molecule has 0 aliphatic carbocycles. The third-order valence-electron chi connectivity index (χ3n) is 4.58. The van der Waals surface area contributed by atoms with Gasteiger partial charge in [0.05, 0.1) is 18.0 Å². The Bertz CT molecular complexity index is 1280. The van der Waals surface area contributed by atoms with Crippen LogP contribution in [0.15, 0.2) is 47.4 Å². The molecule has 2 rings (SSSR count). The number of rotatable bonds is 12. The molecule has 0 amide bonds. The van der Waals surface area contributed by atoms with E-state index in [9.17, 15) is 43.0 Å². The molecule has 0 aliphatic rings. The smallest absolute Gasteiger partial charge is 0.508 e. The minimum Gasteiger partial charge on any atom is -0.508 e. The van der Waals surface area contributed by atoms with Crippen LogP contribution in [0.2, 0.25) is 0 Å². The summed E-state index contributed by atoms with van der Waals surface area (Å²) in [5, 5.41) is 38.4. The van der Waals surface area contributed by atoms with Gasteiger partial charge in [0.2, 0.25) is 0 Å². The first-order valence-electron chi connectivity index (χ1n) is 9.90. The molecule has 0 aliphatic heterocycles. The van der Waals surface area contributed by atoms with Crippen LogP contribution in [0.4, 0.5) is 0 Å². The van der Waals surface area contributed by atoms with E-state index in [0.717, 1.165) is 18.2 Å². The fourth-order valence-corrected chi connectivity index (χ4v) is 3.60. The minimum absolute atomic E-state index is 0. The Morgan fingerprint density at radius 2 is 1.21 bits per heavy atom. The summed E-state index contributed by atoms with van der Waals surface area (Å²) in [5.74, 6) is -2.58. The van der Waals surface area contributed by atoms with E-state index in [-0.39, 0.29) is 74.3 Å². The van der Waals surface area contributed by atoms with Gasteiger partial charge in [-0.05, 0) is 24.3 Å². The van der Waals surface area contributed by atoms with Gasteiger partial charge < -0.3 is 20.4 Å². The molecule has 0 radical (unpaired) electrons. The largest absolute Gasteiger partial charge is 2.00 e. The standard InChI is InChI=1S/C20H24N2O9S.CH4.Fe.O3S/c23-17-4-2-1-3-14(17)10-21(12-19(25)26)7-8-22(13-20(27)28)11-15-9-16(32(29,30)31)5-6-18(15)24;;;1-4(2)3/h1-6,9,23-24H,7-8,10-13H2,(H,25,26)(H,27,28)(H,29,30,31);1H4;;/q;;+2;. The van der Waals surface area contributed by atoms with Gasteiger partial charge in [0, 0.05) is 37.3 Å². The van der Waals surface area contributed by atoms with Gasteiger partial charge in [-0.1, -0.05) is 25.6 Å². The Morgan fingerprint density at radius 3 is 1.63 bits per heavy atom. The van der Waals surface area contributed by atoms with Crippen molar-refractivity contribution in [3.05, 3.63) is 53.6 Å². The number of para-hydroxylation sites is 1. The zero-order chi connectivity index (χ0) is 27.5. The number of hydrogen-bond donors (Lipinski definition) is 5. The molecule has 0 saturated carbocycles. The quantitative estimate of drug-likeness (QED) is 0.160. The molecule has 0 atom stereocenters. The SMILES string of the molecule is C.O=C(O)CN(CCN(CC(=O)O)Cc1cc(S(=O)(=O)O)ccc1O)Cc1ccccc1O.O=S(=O)=O.[Fe+2]. The van der Waals surface area contributed by atoms with Crippen molar-refractivity contribution in [1.82, 2.24) is 9.80 Å². The summed E-state index contributed by atoms with van der Waals surface area (Å²) in [6.07, 6.45) is 0. The van der Waals surface area contributed by atoms with E-state index < -0.39 is 44.1 Å². The van der Waals surface area contributed by atoms with Crippen molar-refractivity contribution in [3.8, 4) is 11.5 Å². The molecule has 0 unspecified atom stereocenters. The first-order valence-corrected chi connectivity index (χ1v) is 12.3. The maximum absolute atomic E-state index is 11.4. The third-order valence-corrected chi connectivity index (χ3v) is 5.43. The van der Waals surface area contributed by atoms with E-state index in [2.05, 4.69) is 0 Å². The Balaban J connectivity index is 0. The van der Waals surface area contributed by atoms with E-state index in [1.54, 1.807) is 18.2 Å². The van der Waals surface area contributed by atoms with Crippen molar-refractivity contribution in [2.45, 2.75) is 25.4 Å². The van der Waals surface area contributed by atoms with Gasteiger partial charge in [-0.25, -0.2) is 0 Å². The molecule has 14 nitrogen and oxygen atoms in total. The fraction of sp³-hybridized carbons (Fsp3) is 0.333. The van der Waals surface area contributed by atoms with Gasteiger partial charge in [-0.15, -0.1) is 12.6 Å². The molecule has 0 fully saturated rings. The molecule has 0 aromatic heterocycles. The van der Waals surface area contributed by atoms with Crippen molar-refractivity contribution >= 4 is 32.7 Å². The predicted molar refractivity (Wildman–Crippen MR) is 128 cm³/mol. The van der Waals surface area contributed by atoms with Gasteiger partial charge in [0.25, 0.3) is 10.1 Å². The zero-order valence-electron chi connectivity index (χ0n) is 18.9. The van der Waals surface area contributed by atoms with E-state index in [1.165, 1.54) is 15.9 Å². The van der Waals surface area contributed by atoms with Crippen LogP contribution in [-0.2, 0) is 60.5 Å². The molecular formula is C21H28FeN2O12S2+2. The van der Waals surface area contributed by atoms with Crippen molar-refractivity contribution < 1.29 is 72.7 Å². The van der Waals surface area contributed by atoms with Crippen molar-refractivity contribution in [1.29, 1.82) is 0 Å². The number of phenols is 2. The van der Waals surface area contributed by atoms with Gasteiger partial charge in [-0.2, -0.15) is 8.42 Å². The molecule has 2 aromatic rings. The molecule has 0 bridgehead atoms. The van der Waals surface area contributed by atoms with Crippen LogP contribution in [0.25, 0.3) is 0 Å². The van der Waals surface area contributed by atoms with Crippen LogP contribution in [-0.4, -0.2) is 93.9 Å². The van der Waals surface area contributed by atoms with Gasteiger partial charge in [-0.3, -0.25) is 23.9 Å². The van der Waals surface area contributed by atoms with Crippen LogP contribution in [0.3, 0.4) is 0 Å². The molecule has 212 valence electrons. The number of carboxylic acid groups (broad SMARTS) is 2. The summed E-state index contributed by atoms with van der Waals surface area (Å²) in [6.45, 7) is -0.733. The number of phenolic OH excluding ortho intramolecular Hbond substituents is 2. The summed E-state index contributed by atoms with van der Waals surface area (Å²) >= 11 is 0. The maximum Gasteiger partial charge on any atom is 2.00 e. The second kappa shape index (κ2) is 17.5.